The highest BCUT2D eigenvalue weighted by atomic mass is 16.3. The third kappa shape index (κ3) is 7.21. The summed E-state index contributed by atoms with van der Waals surface area (Å²) in [6.45, 7) is 0. The zero-order chi connectivity index (χ0) is 43.1. The molecule has 9 aromatic carbocycles. The Bertz CT molecular complexity index is 3560. The molecule has 5 heteroatoms. The first kappa shape index (κ1) is 37.9. The molecule has 12 aromatic rings. The molecule has 0 saturated heterocycles. The molecule has 0 saturated carbocycles. The van der Waals surface area contributed by atoms with Gasteiger partial charge in [-0.15, -0.1) is 0 Å². The van der Waals surface area contributed by atoms with E-state index >= 15 is 0 Å². The van der Waals surface area contributed by atoms with Gasteiger partial charge < -0.3 is 4.42 Å². The van der Waals surface area contributed by atoms with E-state index in [4.69, 9.17) is 24.4 Å². The second-order valence-corrected chi connectivity index (χ2v) is 16.2. The average molecular weight is 831 g/mol. The summed E-state index contributed by atoms with van der Waals surface area (Å²) in [6, 6.07) is 79.9. The third-order valence-electron chi connectivity index (χ3n) is 12.2. The second kappa shape index (κ2) is 16.2. The molecule has 0 aliphatic heterocycles. The number of para-hydroxylation sites is 1. The monoisotopic (exact) mass is 830 g/mol. The Labute approximate surface area is 376 Å². The molecule has 0 spiro atoms. The lowest BCUT2D eigenvalue weighted by Crippen LogP contribution is -2.00. The lowest BCUT2D eigenvalue weighted by molar-refractivity contribution is 0.669. The summed E-state index contributed by atoms with van der Waals surface area (Å²) in [4.78, 5) is 20.5. The van der Waals surface area contributed by atoms with Crippen molar-refractivity contribution in [1.82, 2.24) is 19.9 Å². The fraction of sp³-hybridized carbons (Fsp3) is 0. The summed E-state index contributed by atoms with van der Waals surface area (Å²) in [5.41, 5.74) is 16.1. The van der Waals surface area contributed by atoms with Crippen molar-refractivity contribution in [2.24, 2.45) is 0 Å². The summed E-state index contributed by atoms with van der Waals surface area (Å²) in [7, 11) is 0. The van der Waals surface area contributed by atoms with E-state index in [0.717, 1.165) is 105 Å². The fourth-order valence-electron chi connectivity index (χ4n) is 8.80. The topological polar surface area (TPSA) is 64.7 Å². The van der Waals surface area contributed by atoms with Crippen molar-refractivity contribution in [3.05, 3.63) is 231 Å². The third-order valence-corrected chi connectivity index (χ3v) is 12.2. The molecule has 12 rings (SSSR count). The Balaban J connectivity index is 0.922. The van der Waals surface area contributed by atoms with Crippen LogP contribution in [0, 0.1) is 0 Å². The van der Waals surface area contributed by atoms with Gasteiger partial charge in [0.25, 0.3) is 0 Å². The first-order valence-electron chi connectivity index (χ1n) is 21.8. The number of nitrogens with zero attached hydrogens (tertiary/aromatic N) is 4. The molecular formula is C60H38N4O. The highest BCUT2D eigenvalue weighted by molar-refractivity contribution is 6.21. The standard InChI is InChI=1S/C60H38N4O/c1-4-13-39(14-5-1)42-23-29-45(30-24-42)58-62-59(46-31-25-43(26-32-46)40-15-6-2-7-16-40)64-60(63-58)47-33-27-44(28-34-47)48-19-12-20-50(37-48)56-57-55(52-21-10-11-22-54(52)65-57)51-36-35-49(38-53(51)61-56)41-17-8-3-9-18-41/h1-38H. The zero-order valence-electron chi connectivity index (χ0n) is 35.1. The molecule has 65 heavy (non-hydrogen) atoms. The molecule has 0 N–H and O–H groups in total. The van der Waals surface area contributed by atoms with E-state index < -0.39 is 0 Å². The Morgan fingerprint density at radius 3 is 1.18 bits per heavy atom. The van der Waals surface area contributed by atoms with Gasteiger partial charge in [-0.2, -0.15) is 0 Å². The number of benzene rings is 9. The minimum Gasteiger partial charge on any atom is -0.454 e. The molecule has 0 bridgehead atoms. The van der Waals surface area contributed by atoms with Crippen LogP contribution in [0.4, 0.5) is 0 Å². The average Bonchev–Trinajstić information content (AvgIpc) is 3.79. The normalized spacial score (nSPS) is 11.4. The van der Waals surface area contributed by atoms with Crippen molar-refractivity contribution >= 4 is 32.8 Å². The molecule has 0 unspecified atom stereocenters. The summed E-state index contributed by atoms with van der Waals surface area (Å²) in [6.07, 6.45) is 0. The molecule has 304 valence electrons. The van der Waals surface area contributed by atoms with Crippen LogP contribution in [-0.2, 0) is 0 Å². The maximum absolute atomic E-state index is 6.62. The van der Waals surface area contributed by atoms with Gasteiger partial charge in [-0.05, 0) is 62.7 Å². The van der Waals surface area contributed by atoms with Crippen LogP contribution in [0.1, 0.15) is 0 Å². The molecule has 0 atom stereocenters. The lowest BCUT2D eigenvalue weighted by atomic mass is 9.97. The van der Waals surface area contributed by atoms with E-state index in [1.807, 2.05) is 30.3 Å². The number of furan rings is 1. The number of rotatable bonds is 8. The molecule has 0 fully saturated rings. The Morgan fingerprint density at radius 1 is 0.262 bits per heavy atom. The Hall–Kier alpha value is -8.80. The van der Waals surface area contributed by atoms with Crippen LogP contribution >= 0.6 is 0 Å². The molecule has 0 aliphatic rings. The van der Waals surface area contributed by atoms with Gasteiger partial charge in [0.05, 0.1) is 5.52 Å². The van der Waals surface area contributed by atoms with E-state index in [1.165, 1.54) is 0 Å². The van der Waals surface area contributed by atoms with Crippen LogP contribution in [-0.4, -0.2) is 19.9 Å². The van der Waals surface area contributed by atoms with Crippen LogP contribution in [0.25, 0.3) is 123 Å². The van der Waals surface area contributed by atoms with Crippen molar-refractivity contribution < 1.29 is 4.42 Å². The summed E-state index contributed by atoms with van der Waals surface area (Å²) in [5, 5.41) is 3.22. The van der Waals surface area contributed by atoms with Crippen LogP contribution in [0.3, 0.4) is 0 Å². The van der Waals surface area contributed by atoms with Gasteiger partial charge in [-0.1, -0.05) is 212 Å². The van der Waals surface area contributed by atoms with Gasteiger partial charge in [0, 0.05) is 38.4 Å². The number of pyridine rings is 1. The van der Waals surface area contributed by atoms with Gasteiger partial charge in [-0.25, -0.2) is 19.9 Å². The van der Waals surface area contributed by atoms with Crippen molar-refractivity contribution in [2.75, 3.05) is 0 Å². The Kier molecular flexibility index (Phi) is 9.42. The van der Waals surface area contributed by atoms with E-state index in [1.54, 1.807) is 0 Å². The van der Waals surface area contributed by atoms with Crippen LogP contribution in [0.5, 0.6) is 0 Å². The number of hydrogen-bond donors (Lipinski definition) is 0. The second-order valence-electron chi connectivity index (χ2n) is 16.2. The zero-order valence-corrected chi connectivity index (χ0v) is 35.1. The molecule has 0 radical (unpaired) electrons. The fourth-order valence-corrected chi connectivity index (χ4v) is 8.80. The quantitative estimate of drug-likeness (QED) is 0.153. The van der Waals surface area contributed by atoms with Crippen molar-refractivity contribution in [3.8, 4) is 89.9 Å². The van der Waals surface area contributed by atoms with Crippen LogP contribution in [0.2, 0.25) is 0 Å². The smallest absolute Gasteiger partial charge is 0.164 e. The molecule has 5 nitrogen and oxygen atoms in total. The minimum absolute atomic E-state index is 0.604. The number of aromatic nitrogens is 4. The molecular weight excluding hydrogens is 793 g/mol. The highest BCUT2D eigenvalue weighted by Gasteiger charge is 2.19. The Morgan fingerprint density at radius 2 is 0.646 bits per heavy atom. The largest absolute Gasteiger partial charge is 0.454 e. The summed E-state index contributed by atoms with van der Waals surface area (Å²) >= 11 is 0. The summed E-state index contributed by atoms with van der Waals surface area (Å²) in [5.74, 6) is 1.83. The maximum Gasteiger partial charge on any atom is 0.164 e. The first-order chi connectivity index (χ1) is 32.2. The van der Waals surface area contributed by atoms with E-state index in [-0.39, 0.29) is 0 Å². The minimum atomic E-state index is 0.604. The number of hydrogen-bond acceptors (Lipinski definition) is 5. The van der Waals surface area contributed by atoms with Crippen molar-refractivity contribution in [1.29, 1.82) is 0 Å². The molecule has 0 amide bonds. The summed E-state index contributed by atoms with van der Waals surface area (Å²) < 4.78 is 6.62. The van der Waals surface area contributed by atoms with Gasteiger partial charge in [0.2, 0.25) is 0 Å². The van der Waals surface area contributed by atoms with Gasteiger partial charge in [-0.3, -0.25) is 0 Å². The van der Waals surface area contributed by atoms with Gasteiger partial charge >= 0.3 is 0 Å². The van der Waals surface area contributed by atoms with Gasteiger partial charge in [0.1, 0.15) is 11.3 Å². The predicted molar refractivity (Wildman–Crippen MR) is 266 cm³/mol. The van der Waals surface area contributed by atoms with E-state index in [9.17, 15) is 0 Å². The van der Waals surface area contributed by atoms with Crippen molar-refractivity contribution in [2.45, 2.75) is 0 Å². The maximum atomic E-state index is 6.62. The molecule has 0 aliphatic carbocycles. The lowest BCUT2D eigenvalue weighted by Gasteiger charge is -2.11. The SMILES string of the molecule is c1ccc(-c2ccc(-c3nc(-c4ccc(-c5ccccc5)cc4)nc(-c4ccc(-c5cccc(-c6nc7cc(-c8ccccc8)ccc7c7c6oc6ccccc67)c5)cc4)n3)cc2)cc1. The molecule has 3 aromatic heterocycles. The van der Waals surface area contributed by atoms with E-state index in [2.05, 4.69) is 200 Å². The van der Waals surface area contributed by atoms with Crippen LogP contribution in [0.15, 0.2) is 235 Å². The van der Waals surface area contributed by atoms with Crippen LogP contribution < -0.4 is 0 Å². The van der Waals surface area contributed by atoms with E-state index in [0.29, 0.717) is 17.5 Å². The molecule has 3 heterocycles. The number of fused-ring (bicyclic) bond motifs is 5. The first-order valence-corrected chi connectivity index (χ1v) is 21.8. The van der Waals surface area contributed by atoms with Crippen molar-refractivity contribution in [3.63, 3.8) is 0 Å². The highest BCUT2D eigenvalue weighted by Crippen LogP contribution is 2.41. The predicted octanol–water partition coefficient (Wildman–Crippen LogP) is 15.7. The van der Waals surface area contributed by atoms with Gasteiger partial charge in [0.15, 0.2) is 23.1 Å².